The van der Waals surface area contributed by atoms with Crippen molar-refractivity contribution in [1.82, 2.24) is 9.97 Å². The van der Waals surface area contributed by atoms with Gasteiger partial charge in [-0.25, -0.2) is 9.97 Å². The highest BCUT2D eigenvalue weighted by molar-refractivity contribution is 5.48. The number of hydrogen-bond acceptors (Lipinski definition) is 5. The fourth-order valence-electron chi connectivity index (χ4n) is 1.82. The number of benzene rings is 1. The molecule has 2 rings (SSSR count). The van der Waals surface area contributed by atoms with E-state index in [4.69, 9.17) is 5.26 Å². The second-order valence-corrected chi connectivity index (χ2v) is 4.44. The Morgan fingerprint density at radius 2 is 2.05 bits per heavy atom. The molecule has 0 saturated heterocycles. The highest BCUT2D eigenvalue weighted by atomic mass is 15.2. The normalized spacial score (nSPS) is 9.80. The van der Waals surface area contributed by atoms with E-state index in [0.29, 0.717) is 6.54 Å². The van der Waals surface area contributed by atoms with Crippen molar-refractivity contribution in [2.75, 3.05) is 30.4 Å². The van der Waals surface area contributed by atoms with Crippen LogP contribution in [0.2, 0.25) is 0 Å². The number of anilines is 2. The zero-order valence-electron chi connectivity index (χ0n) is 11.5. The number of nitrogens with zero attached hydrogens (tertiary/aromatic N) is 4. The van der Waals surface area contributed by atoms with Crippen molar-refractivity contribution < 1.29 is 0 Å². The Labute approximate surface area is 118 Å². The number of nitriles is 1. The molecule has 2 aromatic rings. The molecule has 1 aromatic heterocycles. The van der Waals surface area contributed by atoms with E-state index in [9.17, 15) is 0 Å². The van der Waals surface area contributed by atoms with Crippen LogP contribution in [0, 0.1) is 11.3 Å². The Bertz CT molecular complexity index is 576. The van der Waals surface area contributed by atoms with Gasteiger partial charge in [0, 0.05) is 19.7 Å². The van der Waals surface area contributed by atoms with Gasteiger partial charge in [-0.1, -0.05) is 30.3 Å². The molecule has 0 fully saturated rings. The van der Waals surface area contributed by atoms with Crippen LogP contribution in [0.4, 0.5) is 11.6 Å². The SMILES string of the molecule is CN(CC#N)c1cc(NCCc2ccccc2)ncn1. The maximum atomic E-state index is 8.68. The zero-order valence-corrected chi connectivity index (χ0v) is 11.5. The first-order chi connectivity index (χ1) is 9.79. The van der Waals surface area contributed by atoms with Gasteiger partial charge < -0.3 is 10.2 Å². The molecule has 0 amide bonds. The molecule has 0 spiro atoms. The molecular formula is C15H17N5. The first kappa shape index (κ1) is 13.8. The summed E-state index contributed by atoms with van der Waals surface area (Å²) in [6.45, 7) is 1.11. The van der Waals surface area contributed by atoms with Crippen LogP contribution in [0.1, 0.15) is 5.56 Å². The summed E-state index contributed by atoms with van der Waals surface area (Å²) in [5, 5.41) is 12.0. The summed E-state index contributed by atoms with van der Waals surface area (Å²) in [5.74, 6) is 1.51. The van der Waals surface area contributed by atoms with Gasteiger partial charge in [0.25, 0.3) is 0 Å². The molecule has 1 heterocycles. The van der Waals surface area contributed by atoms with Crippen LogP contribution in [-0.4, -0.2) is 30.1 Å². The van der Waals surface area contributed by atoms with Crippen LogP contribution >= 0.6 is 0 Å². The van der Waals surface area contributed by atoms with Crippen LogP contribution in [0.25, 0.3) is 0 Å². The second-order valence-electron chi connectivity index (χ2n) is 4.44. The van der Waals surface area contributed by atoms with Crippen molar-refractivity contribution in [3.8, 4) is 6.07 Å². The zero-order chi connectivity index (χ0) is 14.2. The largest absolute Gasteiger partial charge is 0.370 e. The summed E-state index contributed by atoms with van der Waals surface area (Å²) < 4.78 is 0. The van der Waals surface area contributed by atoms with E-state index in [1.54, 1.807) is 4.90 Å². The van der Waals surface area contributed by atoms with E-state index in [2.05, 4.69) is 33.5 Å². The summed E-state index contributed by atoms with van der Waals surface area (Å²) in [4.78, 5) is 10.1. The number of aromatic nitrogens is 2. The van der Waals surface area contributed by atoms with Crippen LogP contribution in [0.15, 0.2) is 42.7 Å². The highest BCUT2D eigenvalue weighted by Crippen LogP contribution is 2.12. The topological polar surface area (TPSA) is 64.8 Å². The molecule has 0 unspecified atom stereocenters. The molecule has 0 atom stereocenters. The first-order valence-electron chi connectivity index (χ1n) is 6.47. The lowest BCUT2D eigenvalue weighted by Gasteiger charge is -2.14. The van der Waals surface area contributed by atoms with Crippen molar-refractivity contribution >= 4 is 11.6 Å². The van der Waals surface area contributed by atoms with E-state index in [1.807, 2.05) is 31.3 Å². The molecule has 0 saturated carbocycles. The summed E-state index contributed by atoms with van der Waals surface area (Å²) in [6.07, 6.45) is 2.45. The van der Waals surface area contributed by atoms with Crippen LogP contribution in [0.5, 0.6) is 0 Å². The third-order valence-corrected chi connectivity index (χ3v) is 2.91. The van der Waals surface area contributed by atoms with Crippen molar-refractivity contribution in [3.63, 3.8) is 0 Å². The monoisotopic (exact) mass is 267 g/mol. The summed E-state index contributed by atoms with van der Waals surface area (Å²) in [6, 6.07) is 14.2. The van der Waals surface area contributed by atoms with Gasteiger partial charge >= 0.3 is 0 Å². The predicted molar refractivity (Wildman–Crippen MR) is 79.6 cm³/mol. The average Bonchev–Trinajstić information content (AvgIpc) is 2.49. The summed E-state index contributed by atoms with van der Waals surface area (Å²) in [5.41, 5.74) is 1.29. The Morgan fingerprint density at radius 3 is 2.80 bits per heavy atom. The van der Waals surface area contributed by atoms with Gasteiger partial charge in [0.15, 0.2) is 0 Å². The van der Waals surface area contributed by atoms with Gasteiger partial charge in [-0.15, -0.1) is 0 Å². The van der Waals surface area contributed by atoms with Crippen molar-refractivity contribution in [3.05, 3.63) is 48.3 Å². The Kier molecular flexibility index (Phi) is 4.90. The average molecular weight is 267 g/mol. The predicted octanol–water partition coefficient (Wildman–Crippen LogP) is 2.09. The van der Waals surface area contributed by atoms with Gasteiger partial charge in [-0.05, 0) is 12.0 Å². The fraction of sp³-hybridized carbons (Fsp3) is 0.267. The second kappa shape index (κ2) is 7.10. The van der Waals surface area contributed by atoms with Crippen molar-refractivity contribution in [1.29, 1.82) is 5.26 Å². The molecule has 5 nitrogen and oxygen atoms in total. The third kappa shape index (κ3) is 3.95. The maximum Gasteiger partial charge on any atom is 0.134 e. The molecule has 0 aliphatic heterocycles. The van der Waals surface area contributed by atoms with Gasteiger partial charge in [0.1, 0.15) is 24.5 Å². The third-order valence-electron chi connectivity index (χ3n) is 2.91. The minimum atomic E-state index is 0.306. The van der Waals surface area contributed by atoms with Crippen molar-refractivity contribution in [2.24, 2.45) is 0 Å². The van der Waals surface area contributed by atoms with Gasteiger partial charge in [0.2, 0.25) is 0 Å². The van der Waals surface area contributed by atoms with Crippen LogP contribution in [-0.2, 0) is 6.42 Å². The highest BCUT2D eigenvalue weighted by Gasteiger charge is 2.03. The summed E-state index contributed by atoms with van der Waals surface area (Å²) in [7, 11) is 1.83. The Hall–Kier alpha value is -2.61. The molecule has 0 aliphatic carbocycles. The number of rotatable bonds is 6. The quantitative estimate of drug-likeness (QED) is 0.812. The van der Waals surface area contributed by atoms with Crippen LogP contribution < -0.4 is 10.2 Å². The van der Waals surface area contributed by atoms with E-state index < -0.39 is 0 Å². The number of hydrogen-bond donors (Lipinski definition) is 1. The molecule has 0 radical (unpaired) electrons. The Balaban J connectivity index is 1.90. The minimum Gasteiger partial charge on any atom is -0.370 e. The smallest absolute Gasteiger partial charge is 0.134 e. The van der Waals surface area contributed by atoms with Gasteiger partial charge in [-0.2, -0.15) is 5.26 Å². The van der Waals surface area contributed by atoms with E-state index in [0.717, 1.165) is 24.6 Å². The van der Waals surface area contributed by atoms with Gasteiger partial charge in [-0.3, -0.25) is 0 Å². The molecular weight excluding hydrogens is 250 g/mol. The molecule has 5 heteroatoms. The minimum absolute atomic E-state index is 0.306. The fourth-order valence-corrected chi connectivity index (χ4v) is 1.82. The first-order valence-corrected chi connectivity index (χ1v) is 6.47. The van der Waals surface area contributed by atoms with E-state index in [1.165, 1.54) is 11.9 Å². The molecule has 102 valence electrons. The Morgan fingerprint density at radius 1 is 1.25 bits per heavy atom. The number of nitrogens with one attached hydrogen (secondary N) is 1. The van der Waals surface area contributed by atoms with E-state index in [-0.39, 0.29) is 0 Å². The lowest BCUT2D eigenvalue weighted by Crippen LogP contribution is -2.18. The van der Waals surface area contributed by atoms with E-state index >= 15 is 0 Å². The maximum absolute atomic E-state index is 8.68. The molecule has 1 N–H and O–H groups in total. The van der Waals surface area contributed by atoms with Crippen LogP contribution in [0.3, 0.4) is 0 Å². The summed E-state index contributed by atoms with van der Waals surface area (Å²) >= 11 is 0. The van der Waals surface area contributed by atoms with Crippen molar-refractivity contribution in [2.45, 2.75) is 6.42 Å². The standard InChI is InChI=1S/C15H17N5/c1-20(10-8-16)15-11-14(18-12-19-15)17-9-7-13-5-3-2-4-6-13/h2-6,11-12H,7,9-10H2,1H3,(H,17,18,19). The molecule has 20 heavy (non-hydrogen) atoms. The molecule has 1 aromatic carbocycles. The molecule has 0 bridgehead atoms. The molecule has 0 aliphatic rings. The lowest BCUT2D eigenvalue weighted by molar-refractivity contribution is 0.964. The van der Waals surface area contributed by atoms with Gasteiger partial charge in [0.05, 0.1) is 6.07 Å². The lowest BCUT2D eigenvalue weighted by atomic mass is 10.1.